The number of carboxylic acids is 1. The summed E-state index contributed by atoms with van der Waals surface area (Å²) in [6, 6.07) is 10.3. The minimum atomic E-state index is -5.03. The lowest BCUT2D eigenvalue weighted by Gasteiger charge is -2.26. The number of nitrogens with zero attached hydrogens (tertiary/aromatic N) is 2. The van der Waals surface area contributed by atoms with Gasteiger partial charge in [-0.2, -0.15) is 26.3 Å². The van der Waals surface area contributed by atoms with Crippen LogP contribution in [0, 0.1) is 0 Å². The average Bonchev–Trinajstić information content (AvgIpc) is 3.37. The number of carbonyl (C=O) groups is 2. The summed E-state index contributed by atoms with van der Waals surface area (Å²) in [5.74, 6) is -0.460. The number of hydrogen-bond donors (Lipinski definition) is 1. The van der Waals surface area contributed by atoms with Gasteiger partial charge in [-0.1, -0.05) is 36.1 Å². The van der Waals surface area contributed by atoms with Crippen LogP contribution in [0.25, 0.3) is 17.2 Å². The smallest absolute Gasteiger partial charge is 0.416 e. The third-order valence-corrected chi connectivity index (χ3v) is 9.60. The van der Waals surface area contributed by atoms with Crippen molar-refractivity contribution in [3.8, 4) is 28.4 Å². The first kappa shape index (κ1) is 39.9. The lowest BCUT2D eigenvalue weighted by Crippen LogP contribution is -2.38. The number of halogens is 6. The van der Waals surface area contributed by atoms with Crippen molar-refractivity contribution in [1.82, 2.24) is 9.80 Å². The van der Waals surface area contributed by atoms with Gasteiger partial charge in [0.05, 0.1) is 49.4 Å². The monoisotopic (exact) mass is 784 g/mol. The molecule has 17 heteroatoms. The minimum Gasteiger partial charge on any atom is -0.493 e. The van der Waals surface area contributed by atoms with Gasteiger partial charge in [0.15, 0.2) is 11.5 Å². The molecule has 2 aliphatic heterocycles. The summed E-state index contributed by atoms with van der Waals surface area (Å²) in [6.45, 7) is 3.57. The summed E-state index contributed by atoms with van der Waals surface area (Å²) in [5.41, 5.74) is -2.41. The number of thiocarbonyl (C=S) groups is 1. The summed E-state index contributed by atoms with van der Waals surface area (Å²) >= 11 is 6.47. The zero-order valence-corrected chi connectivity index (χ0v) is 29.9. The van der Waals surface area contributed by atoms with E-state index in [9.17, 15) is 35.9 Å². The van der Waals surface area contributed by atoms with Gasteiger partial charge in [0, 0.05) is 31.7 Å². The van der Waals surface area contributed by atoms with E-state index in [1.54, 1.807) is 18.2 Å². The molecule has 9 nitrogen and oxygen atoms in total. The number of methoxy groups -OCH3 is 1. The molecule has 284 valence electrons. The van der Waals surface area contributed by atoms with E-state index in [0.717, 1.165) is 11.8 Å². The molecule has 3 aromatic rings. The topological polar surface area (TPSA) is 97.8 Å². The third-order valence-electron chi connectivity index (χ3n) is 8.23. The minimum absolute atomic E-state index is 0.0452. The first-order chi connectivity index (χ1) is 25.1. The van der Waals surface area contributed by atoms with E-state index in [-0.39, 0.29) is 63.9 Å². The first-order valence-corrected chi connectivity index (χ1v) is 17.5. The Kier molecular flexibility index (Phi) is 13.0. The van der Waals surface area contributed by atoms with Gasteiger partial charge in [0.25, 0.3) is 5.91 Å². The summed E-state index contributed by atoms with van der Waals surface area (Å²) in [4.78, 5) is 28.3. The number of thioether (sulfide) groups is 1. The summed E-state index contributed by atoms with van der Waals surface area (Å²) in [7, 11) is 1.45. The summed E-state index contributed by atoms with van der Waals surface area (Å²) in [5, 5.41) is 9.11. The molecular formula is C36H34F6N2O7S2. The van der Waals surface area contributed by atoms with E-state index in [2.05, 4.69) is 4.90 Å². The molecule has 0 atom stereocenters. The van der Waals surface area contributed by atoms with E-state index >= 15 is 0 Å². The van der Waals surface area contributed by atoms with Crippen molar-refractivity contribution < 1.29 is 60.0 Å². The number of ether oxygens (including phenoxy) is 4. The molecular weight excluding hydrogens is 751 g/mol. The van der Waals surface area contributed by atoms with Crippen LogP contribution < -0.4 is 14.2 Å². The Morgan fingerprint density at radius 1 is 0.887 bits per heavy atom. The summed E-state index contributed by atoms with van der Waals surface area (Å²) < 4.78 is 105. The highest BCUT2D eigenvalue weighted by Gasteiger charge is 2.37. The first-order valence-electron chi connectivity index (χ1n) is 16.3. The number of aliphatic carboxylic acids is 1. The van der Waals surface area contributed by atoms with Gasteiger partial charge in [-0.15, -0.1) is 0 Å². The number of carboxylic acid groups (broad SMARTS) is 1. The molecule has 0 radical (unpaired) electrons. The van der Waals surface area contributed by atoms with Gasteiger partial charge in [0.2, 0.25) is 0 Å². The van der Waals surface area contributed by atoms with Crippen LogP contribution in [0.1, 0.15) is 28.7 Å². The molecule has 0 saturated carbocycles. The molecule has 5 rings (SSSR count). The zero-order chi connectivity index (χ0) is 38.3. The highest BCUT2D eigenvalue weighted by atomic mass is 32.2. The predicted octanol–water partition coefficient (Wildman–Crippen LogP) is 7.41. The fourth-order valence-corrected chi connectivity index (χ4v) is 6.86. The van der Waals surface area contributed by atoms with Crippen LogP contribution in [-0.4, -0.2) is 90.8 Å². The Morgan fingerprint density at radius 2 is 1.55 bits per heavy atom. The third kappa shape index (κ3) is 10.6. The van der Waals surface area contributed by atoms with E-state index in [4.69, 9.17) is 36.3 Å². The van der Waals surface area contributed by atoms with Crippen LogP contribution in [-0.2, 0) is 33.1 Å². The van der Waals surface area contributed by atoms with Crippen LogP contribution in [0.15, 0.2) is 59.5 Å². The molecule has 2 heterocycles. The maximum Gasteiger partial charge on any atom is 0.416 e. The van der Waals surface area contributed by atoms with E-state index in [1.807, 2.05) is 0 Å². The van der Waals surface area contributed by atoms with Gasteiger partial charge in [-0.3, -0.25) is 19.4 Å². The van der Waals surface area contributed by atoms with Gasteiger partial charge in [-0.25, -0.2) is 0 Å². The molecule has 2 saturated heterocycles. The van der Waals surface area contributed by atoms with Crippen molar-refractivity contribution in [3.05, 3.63) is 81.8 Å². The van der Waals surface area contributed by atoms with Gasteiger partial charge >= 0.3 is 18.3 Å². The maximum atomic E-state index is 13.7. The van der Waals surface area contributed by atoms with E-state index in [1.165, 1.54) is 36.3 Å². The normalized spacial score (nSPS) is 16.4. The highest BCUT2D eigenvalue weighted by Crippen LogP contribution is 2.41. The van der Waals surface area contributed by atoms with Crippen molar-refractivity contribution >= 4 is 46.3 Å². The van der Waals surface area contributed by atoms with E-state index < -0.39 is 35.4 Å². The van der Waals surface area contributed by atoms with Crippen LogP contribution >= 0.6 is 24.0 Å². The van der Waals surface area contributed by atoms with Gasteiger partial charge in [0.1, 0.15) is 16.7 Å². The highest BCUT2D eigenvalue weighted by molar-refractivity contribution is 8.26. The molecule has 1 N–H and O–H groups in total. The second kappa shape index (κ2) is 17.2. The quantitative estimate of drug-likeness (QED) is 0.0771. The summed E-state index contributed by atoms with van der Waals surface area (Å²) in [6.07, 6.45) is -8.48. The molecule has 2 aliphatic rings. The van der Waals surface area contributed by atoms with Crippen molar-refractivity contribution in [2.24, 2.45) is 0 Å². The fourth-order valence-electron chi connectivity index (χ4n) is 5.56. The molecule has 0 unspecified atom stereocenters. The molecule has 2 fully saturated rings. The second-order valence-electron chi connectivity index (χ2n) is 11.9. The Labute approximate surface area is 310 Å². The van der Waals surface area contributed by atoms with Crippen LogP contribution in [0.4, 0.5) is 26.3 Å². The Balaban J connectivity index is 1.37. The van der Waals surface area contributed by atoms with Crippen molar-refractivity contribution in [1.29, 1.82) is 0 Å². The van der Waals surface area contributed by atoms with Gasteiger partial charge in [-0.05, 0) is 71.7 Å². The van der Waals surface area contributed by atoms with E-state index in [0.29, 0.717) is 68.5 Å². The zero-order valence-electron chi connectivity index (χ0n) is 28.2. The lowest BCUT2D eigenvalue weighted by molar-refractivity contribution is -0.143. The number of benzene rings is 3. The number of hydrogen-bond acceptors (Lipinski definition) is 9. The van der Waals surface area contributed by atoms with Crippen LogP contribution in [0.5, 0.6) is 17.2 Å². The molecule has 0 aliphatic carbocycles. The van der Waals surface area contributed by atoms with Crippen LogP contribution in [0.3, 0.4) is 0 Å². The molecule has 0 spiro atoms. The number of morpholine rings is 1. The Hall–Kier alpha value is -4.32. The average molecular weight is 785 g/mol. The Bertz CT molecular complexity index is 1830. The van der Waals surface area contributed by atoms with Crippen molar-refractivity contribution in [2.45, 2.75) is 25.2 Å². The van der Waals surface area contributed by atoms with Crippen LogP contribution in [0.2, 0.25) is 0 Å². The number of amides is 1. The largest absolute Gasteiger partial charge is 0.493 e. The molecule has 1 amide bonds. The Morgan fingerprint density at radius 3 is 2.19 bits per heavy atom. The molecule has 0 aromatic heterocycles. The fraction of sp³-hybridized carbons (Fsp3) is 0.361. The molecule has 0 bridgehead atoms. The molecule has 3 aromatic carbocycles. The number of alkyl halides is 6. The lowest BCUT2D eigenvalue weighted by atomic mass is 9.97. The van der Waals surface area contributed by atoms with Crippen molar-refractivity contribution in [2.75, 3.05) is 59.7 Å². The number of carbonyl (C=O) groups excluding carboxylic acids is 1. The second-order valence-corrected chi connectivity index (χ2v) is 13.6. The molecule has 53 heavy (non-hydrogen) atoms. The van der Waals surface area contributed by atoms with Gasteiger partial charge < -0.3 is 24.1 Å². The maximum absolute atomic E-state index is 13.7. The number of rotatable bonds is 14. The van der Waals surface area contributed by atoms with Crippen molar-refractivity contribution in [3.63, 3.8) is 0 Å². The SMILES string of the molecule is COc1ccc(CC(=O)O)cc1OCCCN1C(=O)C(=Cc2cc(-c3cc(C(F)(F)F)cc(C(F)(F)F)c3)ccc2OCCN2CCOCC2)SC1=S. The predicted molar refractivity (Wildman–Crippen MR) is 189 cm³/mol. The standard InChI is InChI=1S/C36H34F6N2O7S2/c1-48-29-5-3-22(16-32(45)46)15-30(29)50-11-2-7-44-33(47)31(53-34(44)52)20-25-17-23(4-6-28(25)51-14-10-43-8-12-49-13-9-43)24-18-26(35(37,38)39)21-27(19-24)36(40,41)42/h3-6,15,17-21H,2,7-14,16H2,1H3,(H,45,46).